The highest BCUT2D eigenvalue weighted by Gasteiger charge is 2.61. The lowest BCUT2D eigenvalue weighted by Gasteiger charge is -2.56. The first-order valence-corrected chi connectivity index (χ1v) is 9.94. The number of halogens is 3. The molecule has 1 aliphatic carbocycles. The number of hydrogen-bond donors (Lipinski definition) is 1. The van der Waals surface area contributed by atoms with Crippen LogP contribution in [-0.4, -0.2) is 39.7 Å². The minimum absolute atomic E-state index is 0.0727. The van der Waals surface area contributed by atoms with Crippen molar-refractivity contribution in [3.8, 4) is 0 Å². The van der Waals surface area contributed by atoms with Gasteiger partial charge in [0.2, 0.25) is 11.8 Å². The van der Waals surface area contributed by atoms with Gasteiger partial charge in [-0.25, -0.2) is 9.37 Å². The minimum Gasteiger partial charge on any atom is -0.369 e. The molecule has 1 aliphatic heterocycles. The van der Waals surface area contributed by atoms with Crippen molar-refractivity contribution in [1.29, 1.82) is 0 Å². The van der Waals surface area contributed by atoms with Crippen molar-refractivity contribution < 1.29 is 18.8 Å². The van der Waals surface area contributed by atoms with E-state index in [0.717, 1.165) is 16.5 Å². The standard InChI is InChI=1S/C20H17Cl2FN4O3/c21-13-3-1-11(2-4-13)9-27-16(28)10-26(18-15(23)5-14(22)8-25-18)19(30)20(27)6-12(7-20)17(24)29/h1-5,8,12H,6-7,9-10H2,(H2,24,29)/t12-,20-. The van der Waals surface area contributed by atoms with Crippen LogP contribution in [-0.2, 0) is 20.9 Å². The first-order chi connectivity index (χ1) is 14.2. The minimum atomic E-state index is -1.29. The van der Waals surface area contributed by atoms with Crippen molar-refractivity contribution in [2.75, 3.05) is 11.4 Å². The molecule has 0 atom stereocenters. The molecule has 1 saturated heterocycles. The molecule has 2 heterocycles. The third kappa shape index (κ3) is 3.40. The van der Waals surface area contributed by atoms with E-state index in [9.17, 15) is 18.8 Å². The third-order valence-corrected chi connectivity index (χ3v) is 6.08. The van der Waals surface area contributed by atoms with Gasteiger partial charge in [-0.05, 0) is 36.6 Å². The highest BCUT2D eigenvalue weighted by atomic mass is 35.5. The molecule has 3 amide bonds. The molecule has 0 radical (unpaired) electrons. The van der Waals surface area contributed by atoms with Gasteiger partial charge < -0.3 is 10.6 Å². The van der Waals surface area contributed by atoms with Crippen molar-refractivity contribution in [2.45, 2.75) is 24.9 Å². The number of pyridine rings is 1. The number of primary amides is 1. The molecule has 1 aromatic carbocycles. The van der Waals surface area contributed by atoms with E-state index in [0.29, 0.717) is 5.02 Å². The zero-order valence-corrected chi connectivity index (χ0v) is 17.2. The second kappa shape index (κ2) is 7.52. The summed E-state index contributed by atoms with van der Waals surface area (Å²) < 4.78 is 14.4. The Morgan fingerprint density at radius 1 is 1.20 bits per heavy atom. The molecule has 1 aromatic heterocycles. The Kier molecular flexibility index (Phi) is 5.15. The van der Waals surface area contributed by atoms with Crippen LogP contribution in [0.1, 0.15) is 18.4 Å². The van der Waals surface area contributed by atoms with Gasteiger partial charge >= 0.3 is 0 Å². The summed E-state index contributed by atoms with van der Waals surface area (Å²) in [7, 11) is 0. The van der Waals surface area contributed by atoms with Crippen LogP contribution in [0, 0.1) is 11.7 Å². The summed E-state index contributed by atoms with van der Waals surface area (Å²) in [6, 6.07) is 7.91. The van der Waals surface area contributed by atoms with Crippen LogP contribution in [0.5, 0.6) is 0 Å². The van der Waals surface area contributed by atoms with Crippen molar-refractivity contribution in [1.82, 2.24) is 9.88 Å². The van der Waals surface area contributed by atoms with Gasteiger partial charge in [-0.3, -0.25) is 19.3 Å². The second-order valence-corrected chi connectivity index (χ2v) is 8.37. The fraction of sp³-hybridized carbons (Fsp3) is 0.300. The zero-order chi connectivity index (χ0) is 21.6. The van der Waals surface area contributed by atoms with Gasteiger partial charge in [-0.2, -0.15) is 0 Å². The molecule has 4 rings (SSSR count). The molecule has 2 aromatic rings. The third-order valence-electron chi connectivity index (χ3n) is 5.62. The predicted molar refractivity (Wildman–Crippen MR) is 108 cm³/mol. The highest BCUT2D eigenvalue weighted by molar-refractivity contribution is 6.30. The first-order valence-electron chi connectivity index (χ1n) is 9.18. The lowest BCUT2D eigenvalue weighted by Crippen LogP contribution is -2.73. The summed E-state index contributed by atoms with van der Waals surface area (Å²) in [6.07, 6.45) is 1.36. The summed E-state index contributed by atoms with van der Waals surface area (Å²) in [6.45, 7) is -0.224. The molecular weight excluding hydrogens is 434 g/mol. The van der Waals surface area contributed by atoms with Gasteiger partial charge in [0.15, 0.2) is 11.6 Å². The van der Waals surface area contributed by atoms with Crippen LogP contribution >= 0.6 is 23.2 Å². The zero-order valence-electron chi connectivity index (χ0n) is 15.6. The molecule has 7 nitrogen and oxygen atoms in total. The number of anilines is 1. The monoisotopic (exact) mass is 450 g/mol. The molecule has 10 heteroatoms. The van der Waals surface area contributed by atoms with Gasteiger partial charge in [0.1, 0.15) is 12.1 Å². The number of hydrogen-bond acceptors (Lipinski definition) is 4. The Labute approximate surface area is 181 Å². The van der Waals surface area contributed by atoms with Gasteiger partial charge in [0.05, 0.1) is 5.02 Å². The predicted octanol–water partition coefficient (Wildman–Crippen LogP) is 2.54. The van der Waals surface area contributed by atoms with Crippen molar-refractivity contribution in [3.63, 3.8) is 0 Å². The maximum absolute atomic E-state index is 14.4. The highest BCUT2D eigenvalue weighted by Crippen LogP contribution is 2.47. The molecular formula is C20H17Cl2FN4O3. The normalized spacial score (nSPS) is 23.6. The maximum Gasteiger partial charge on any atom is 0.254 e. The smallest absolute Gasteiger partial charge is 0.254 e. The molecule has 0 unspecified atom stereocenters. The second-order valence-electron chi connectivity index (χ2n) is 7.50. The molecule has 156 valence electrons. The van der Waals surface area contributed by atoms with E-state index in [-0.39, 0.29) is 42.7 Å². The molecule has 1 spiro atoms. The quantitative estimate of drug-likeness (QED) is 0.773. The fourth-order valence-electron chi connectivity index (χ4n) is 4.04. The average Bonchev–Trinajstić information content (AvgIpc) is 2.65. The van der Waals surface area contributed by atoms with Crippen LogP contribution in [0.2, 0.25) is 10.0 Å². The number of rotatable bonds is 4. The molecule has 2 fully saturated rings. The summed E-state index contributed by atoms with van der Waals surface area (Å²) in [5.41, 5.74) is 4.88. The number of aromatic nitrogens is 1. The van der Waals surface area contributed by atoms with Gasteiger partial charge in [0, 0.05) is 23.7 Å². The Balaban J connectivity index is 1.70. The summed E-state index contributed by atoms with van der Waals surface area (Å²) >= 11 is 11.7. The molecule has 1 saturated carbocycles. The Morgan fingerprint density at radius 2 is 1.87 bits per heavy atom. The number of amides is 3. The van der Waals surface area contributed by atoms with Crippen molar-refractivity contribution in [2.24, 2.45) is 11.7 Å². The van der Waals surface area contributed by atoms with E-state index >= 15 is 0 Å². The van der Waals surface area contributed by atoms with E-state index in [1.807, 2.05) is 0 Å². The molecule has 30 heavy (non-hydrogen) atoms. The Bertz CT molecular complexity index is 1040. The topological polar surface area (TPSA) is 96.6 Å². The number of piperazine rings is 1. The van der Waals surface area contributed by atoms with E-state index in [4.69, 9.17) is 28.9 Å². The van der Waals surface area contributed by atoms with E-state index in [2.05, 4.69) is 4.98 Å². The fourth-order valence-corrected chi connectivity index (χ4v) is 4.31. The van der Waals surface area contributed by atoms with Gasteiger partial charge in [-0.15, -0.1) is 0 Å². The van der Waals surface area contributed by atoms with Gasteiger partial charge in [-0.1, -0.05) is 35.3 Å². The van der Waals surface area contributed by atoms with Gasteiger partial charge in [0.25, 0.3) is 5.91 Å². The Hall–Kier alpha value is -2.71. The molecule has 0 bridgehead atoms. The number of benzene rings is 1. The number of carbonyl (C=O) groups is 3. The largest absolute Gasteiger partial charge is 0.369 e. The van der Waals surface area contributed by atoms with Crippen molar-refractivity contribution in [3.05, 3.63) is 58.0 Å². The van der Waals surface area contributed by atoms with E-state index < -0.39 is 29.1 Å². The lowest BCUT2D eigenvalue weighted by molar-refractivity contribution is -0.164. The first kappa shape index (κ1) is 20.6. The van der Waals surface area contributed by atoms with E-state index in [1.54, 1.807) is 24.3 Å². The summed E-state index contributed by atoms with van der Waals surface area (Å²) in [5.74, 6) is -3.05. The van der Waals surface area contributed by atoms with Crippen LogP contribution < -0.4 is 10.6 Å². The molecule has 2 aliphatic rings. The van der Waals surface area contributed by atoms with Crippen molar-refractivity contribution >= 4 is 46.7 Å². The number of nitrogens with two attached hydrogens (primary N) is 1. The van der Waals surface area contributed by atoms with Crippen LogP contribution in [0.4, 0.5) is 10.2 Å². The molecule has 2 N–H and O–H groups in total. The maximum atomic E-state index is 14.4. The Morgan fingerprint density at radius 3 is 2.47 bits per heavy atom. The average molecular weight is 451 g/mol. The van der Waals surface area contributed by atoms with Crippen LogP contribution in [0.15, 0.2) is 36.5 Å². The SMILES string of the molecule is NC(=O)[C@H]1C[C@]2(C1)C(=O)N(c1ncc(Cl)cc1F)CC(=O)N2Cc1ccc(Cl)cc1. The number of carbonyl (C=O) groups excluding carboxylic acids is 3. The summed E-state index contributed by atoms with van der Waals surface area (Å²) in [4.78, 5) is 44.5. The summed E-state index contributed by atoms with van der Waals surface area (Å²) in [5, 5.41) is 0.617. The van der Waals surface area contributed by atoms with Crippen LogP contribution in [0.3, 0.4) is 0 Å². The van der Waals surface area contributed by atoms with E-state index in [1.165, 1.54) is 11.1 Å². The lowest BCUT2D eigenvalue weighted by atomic mass is 9.65. The number of nitrogens with zero attached hydrogens (tertiary/aromatic N) is 3. The van der Waals surface area contributed by atoms with Crippen LogP contribution in [0.25, 0.3) is 0 Å².